The average Bonchev–Trinajstić information content (AvgIpc) is 2.56. The van der Waals surface area contributed by atoms with Gasteiger partial charge in [0.15, 0.2) is 5.78 Å². The van der Waals surface area contributed by atoms with Crippen LogP contribution in [0.15, 0.2) is 12.3 Å². The minimum Gasteiger partial charge on any atom is -0.328 e. The molecule has 2 N–H and O–H groups in total. The summed E-state index contributed by atoms with van der Waals surface area (Å²) < 4.78 is 0. The van der Waals surface area contributed by atoms with E-state index < -0.39 is 6.04 Å². The van der Waals surface area contributed by atoms with Crippen LogP contribution in [0, 0.1) is 5.92 Å². The van der Waals surface area contributed by atoms with E-state index in [4.69, 9.17) is 5.73 Å². The number of nitrogens with two attached hydrogens (primary N) is 1. The number of carbonyl (C=O) groups is 2. The van der Waals surface area contributed by atoms with Crippen LogP contribution in [0.25, 0.3) is 0 Å². The summed E-state index contributed by atoms with van der Waals surface area (Å²) in [5.41, 5.74) is 6.35. The number of likely N-dealkylation sites (tertiary alicyclic amines) is 1. The Morgan fingerprint density at radius 1 is 1.65 bits per heavy atom. The van der Waals surface area contributed by atoms with Crippen LogP contribution in [0.5, 0.6) is 0 Å². The smallest absolute Gasteiger partial charge is 0.228 e. The Bertz CT molecular complexity index is 341. The molecule has 1 aliphatic rings. The molecule has 1 rings (SSSR count). The van der Waals surface area contributed by atoms with Crippen molar-refractivity contribution in [1.82, 2.24) is 4.90 Å². The van der Waals surface area contributed by atoms with Crippen molar-refractivity contribution in [3.8, 4) is 0 Å². The SMILES string of the molecule is C=C1C(SC)CC(=O)N1C(CN)C(=O)C(C)C. The molecule has 0 spiro atoms. The number of ketones is 1. The molecule has 96 valence electrons. The highest BCUT2D eigenvalue weighted by atomic mass is 32.2. The van der Waals surface area contributed by atoms with Crippen molar-refractivity contribution in [1.29, 1.82) is 0 Å². The third-order valence-electron chi connectivity index (χ3n) is 3.03. The Hall–Kier alpha value is -0.810. The predicted molar refractivity (Wildman–Crippen MR) is 70.6 cm³/mol. The number of hydrogen-bond donors (Lipinski definition) is 1. The summed E-state index contributed by atoms with van der Waals surface area (Å²) in [5.74, 6) is -0.167. The molecular formula is C12H20N2O2S. The molecule has 1 heterocycles. The van der Waals surface area contributed by atoms with Crippen LogP contribution in [0.2, 0.25) is 0 Å². The van der Waals surface area contributed by atoms with Crippen LogP contribution in [0.4, 0.5) is 0 Å². The van der Waals surface area contributed by atoms with Gasteiger partial charge in [0.2, 0.25) is 5.91 Å². The molecular weight excluding hydrogens is 236 g/mol. The molecule has 2 atom stereocenters. The first-order chi connectivity index (χ1) is 7.93. The van der Waals surface area contributed by atoms with E-state index in [0.717, 1.165) is 0 Å². The first-order valence-corrected chi connectivity index (χ1v) is 7.00. The van der Waals surface area contributed by atoms with E-state index in [2.05, 4.69) is 6.58 Å². The van der Waals surface area contributed by atoms with Gasteiger partial charge in [0, 0.05) is 24.6 Å². The molecule has 0 radical (unpaired) electrons. The second-order valence-corrected chi connectivity index (χ2v) is 5.53. The van der Waals surface area contributed by atoms with Crippen molar-refractivity contribution in [2.24, 2.45) is 11.7 Å². The van der Waals surface area contributed by atoms with Crippen molar-refractivity contribution in [3.05, 3.63) is 12.3 Å². The lowest BCUT2D eigenvalue weighted by Crippen LogP contribution is -2.47. The Morgan fingerprint density at radius 3 is 2.59 bits per heavy atom. The van der Waals surface area contributed by atoms with Crippen LogP contribution >= 0.6 is 11.8 Å². The third-order valence-corrected chi connectivity index (χ3v) is 4.03. The fourth-order valence-electron chi connectivity index (χ4n) is 2.02. The second-order valence-electron chi connectivity index (χ2n) is 4.49. The first kappa shape index (κ1) is 14.3. The fourth-order valence-corrected chi connectivity index (χ4v) is 2.71. The van der Waals surface area contributed by atoms with Crippen molar-refractivity contribution in [2.75, 3.05) is 12.8 Å². The number of nitrogens with zero attached hydrogens (tertiary/aromatic N) is 1. The summed E-state index contributed by atoms with van der Waals surface area (Å²) in [7, 11) is 0. The van der Waals surface area contributed by atoms with Crippen LogP contribution in [0.1, 0.15) is 20.3 Å². The molecule has 0 bridgehead atoms. The summed E-state index contributed by atoms with van der Waals surface area (Å²) >= 11 is 1.58. The third kappa shape index (κ3) is 2.72. The largest absolute Gasteiger partial charge is 0.328 e. The van der Waals surface area contributed by atoms with E-state index in [9.17, 15) is 9.59 Å². The van der Waals surface area contributed by atoms with Gasteiger partial charge in [-0.15, -0.1) is 0 Å². The zero-order valence-electron chi connectivity index (χ0n) is 10.6. The van der Waals surface area contributed by atoms with E-state index >= 15 is 0 Å². The lowest BCUT2D eigenvalue weighted by Gasteiger charge is -2.28. The fraction of sp³-hybridized carbons (Fsp3) is 0.667. The lowest BCUT2D eigenvalue weighted by atomic mass is 10.0. The zero-order chi connectivity index (χ0) is 13.2. The number of amides is 1. The normalized spacial score (nSPS) is 22.4. The summed E-state index contributed by atoms with van der Waals surface area (Å²) in [6.07, 6.45) is 2.36. The molecule has 0 aromatic heterocycles. The molecule has 0 aromatic carbocycles. The molecule has 0 saturated carbocycles. The van der Waals surface area contributed by atoms with Crippen LogP contribution in [-0.2, 0) is 9.59 Å². The summed E-state index contributed by atoms with van der Waals surface area (Å²) in [6.45, 7) is 7.72. The van der Waals surface area contributed by atoms with Crippen molar-refractivity contribution in [2.45, 2.75) is 31.6 Å². The molecule has 4 nitrogen and oxygen atoms in total. The van der Waals surface area contributed by atoms with E-state index in [1.165, 1.54) is 4.90 Å². The number of hydrogen-bond acceptors (Lipinski definition) is 4. The van der Waals surface area contributed by atoms with Gasteiger partial charge in [0.25, 0.3) is 0 Å². The van der Waals surface area contributed by atoms with Crippen LogP contribution in [-0.4, -0.2) is 40.7 Å². The maximum atomic E-state index is 12.0. The van der Waals surface area contributed by atoms with Gasteiger partial charge >= 0.3 is 0 Å². The monoisotopic (exact) mass is 256 g/mol. The Morgan fingerprint density at radius 2 is 2.24 bits per heavy atom. The minimum absolute atomic E-state index is 0.00348. The van der Waals surface area contributed by atoms with Gasteiger partial charge in [-0.2, -0.15) is 11.8 Å². The van der Waals surface area contributed by atoms with Gasteiger partial charge in [-0.05, 0) is 6.26 Å². The summed E-state index contributed by atoms with van der Waals surface area (Å²) in [6, 6.07) is -0.549. The quantitative estimate of drug-likeness (QED) is 0.797. The molecule has 1 aliphatic heterocycles. The van der Waals surface area contributed by atoms with Crippen LogP contribution < -0.4 is 5.73 Å². The molecule has 17 heavy (non-hydrogen) atoms. The van der Waals surface area contributed by atoms with E-state index in [1.807, 2.05) is 20.1 Å². The molecule has 1 amide bonds. The maximum absolute atomic E-state index is 12.0. The van der Waals surface area contributed by atoms with Gasteiger partial charge in [0.1, 0.15) is 6.04 Å². The van der Waals surface area contributed by atoms with Crippen LogP contribution in [0.3, 0.4) is 0 Å². The number of carbonyl (C=O) groups excluding carboxylic acids is 2. The van der Waals surface area contributed by atoms with E-state index in [0.29, 0.717) is 12.1 Å². The molecule has 0 aliphatic carbocycles. The van der Waals surface area contributed by atoms with Crippen molar-refractivity contribution in [3.63, 3.8) is 0 Å². The topological polar surface area (TPSA) is 63.4 Å². The van der Waals surface area contributed by atoms with Crippen molar-refractivity contribution < 1.29 is 9.59 Å². The molecule has 2 unspecified atom stereocenters. The van der Waals surface area contributed by atoms with E-state index in [1.54, 1.807) is 11.8 Å². The highest BCUT2D eigenvalue weighted by molar-refractivity contribution is 7.99. The molecule has 0 aromatic rings. The second kappa shape index (κ2) is 5.69. The number of thioether (sulfide) groups is 1. The standard InChI is InChI=1S/C12H20N2O2S/c1-7(2)12(16)9(6-13)14-8(3)10(17-4)5-11(14)15/h7,9-10H,3,5-6,13H2,1-2,4H3. The Kier molecular flexibility index (Phi) is 4.77. The highest BCUT2D eigenvalue weighted by Crippen LogP contribution is 2.32. The predicted octanol–water partition coefficient (Wildman–Crippen LogP) is 1.02. The van der Waals surface area contributed by atoms with Gasteiger partial charge in [0.05, 0.1) is 5.25 Å². The summed E-state index contributed by atoms with van der Waals surface area (Å²) in [4.78, 5) is 25.5. The lowest BCUT2D eigenvalue weighted by molar-refractivity contribution is -0.136. The Balaban J connectivity index is 2.93. The number of rotatable bonds is 5. The van der Waals surface area contributed by atoms with Gasteiger partial charge in [-0.3, -0.25) is 9.59 Å². The molecule has 1 saturated heterocycles. The molecule has 5 heteroatoms. The van der Waals surface area contributed by atoms with E-state index in [-0.39, 0.29) is 29.4 Å². The van der Waals surface area contributed by atoms with Gasteiger partial charge in [-0.1, -0.05) is 20.4 Å². The maximum Gasteiger partial charge on any atom is 0.228 e. The Labute approximate surface area is 107 Å². The highest BCUT2D eigenvalue weighted by Gasteiger charge is 2.40. The zero-order valence-corrected chi connectivity index (χ0v) is 11.4. The first-order valence-electron chi connectivity index (χ1n) is 5.71. The minimum atomic E-state index is -0.549. The molecule has 1 fully saturated rings. The van der Waals surface area contributed by atoms with Crippen molar-refractivity contribution >= 4 is 23.5 Å². The van der Waals surface area contributed by atoms with Gasteiger partial charge < -0.3 is 10.6 Å². The average molecular weight is 256 g/mol. The number of Topliss-reactive ketones (excluding diaryl/α,β-unsaturated/α-hetero) is 1. The van der Waals surface area contributed by atoms with Gasteiger partial charge in [-0.25, -0.2) is 0 Å². The summed E-state index contributed by atoms with van der Waals surface area (Å²) in [5, 5.41) is 0.0801.